The van der Waals surface area contributed by atoms with Crippen molar-refractivity contribution in [2.24, 2.45) is 0 Å². The molecule has 3 heterocycles. The van der Waals surface area contributed by atoms with Gasteiger partial charge in [0, 0.05) is 57.8 Å². The quantitative estimate of drug-likeness (QED) is 0.721. The third kappa shape index (κ3) is 4.84. The second-order valence-corrected chi connectivity index (χ2v) is 8.28. The van der Waals surface area contributed by atoms with Crippen LogP contribution in [-0.4, -0.2) is 90.0 Å². The second kappa shape index (κ2) is 8.51. The Kier molecular flexibility index (Phi) is 6.27. The van der Waals surface area contributed by atoms with Crippen LogP contribution in [0.4, 0.5) is 4.79 Å². The fourth-order valence-corrected chi connectivity index (χ4v) is 4.16. The van der Waals surface area contributed by atoms with E-state index in [1.54, 1.807) is 9.80 Å². The Bertz CT molecular complexity index is 652. The van der Waals surface area contributed by atoms with Crippen molar-refractivity contribution in [2.75, 3.05) is 45.9 Å². The van der Waals surface area contributed by atoms with Crippen molar-refractivity contribution >= 4 is 17.8 Å². The zero-order chi connectivity index (χ0) is 20.3. The average molecular weight is 393 g/mol. The van der Waals surface area contributed by atoms with Gasteiger partial charge in [-0.05, 0) is 33.6 Å². The topological polar surface area (TPSA) is 79.4 Å². The molecule has 3 aliphatic heterocycles. The molecule has 0 aromatic rings. The summed E-state index contributed by atoms with van der Waals surface area (Å²) in [7, 11) is 0. The molecule has 8 nitrogen and oxygen atoms in total. The zero-order valence-corrected chi connectivity index (χ0v) is 17.1. The number of piperazine rings is 1. The lowest BCUT2D eigenvalue weighted by molar-refractivity contribution is -0.140. The Hall–Kier alpha value is -2.09. The number of piperidine rings is 1. The molecule has 156 valence electrons. The summed E-state index contributed by atoms with van der Waals surface area (Å²) >= 11 is 0. The van der Waals surface area contributed by atoms with Gasteiger partial charge in [-0.15, -0.1) is 0 Å². The Morgan fingerprint density at radius 1 is 1.18 bits per heavy atom. The van der Waals surface area contributed by atoms with E-state index in [0.717, 1.165) is 25.9 Å². The van der Waals surface area contributed by atoms with Crippen LogP contribution >= 0.6 is 0 Å². The number of hydrogen-bond acceptors (Lipinski definition) is 6. The fraction of sp³-hybridized carbons (Fsp3) is 0.750. The number of hydrogen-bond donors (Lipinski definition) is 0. The first-order valence-electron chi connectivity index (χ1n) is 10.2. The molecule has 8 heteroatoms. The van der Waals surface area contributed by atoms with E-state index < -0.39 is 5.60 Å². The second-order valence-electron chi connectivity index (χ2n) is 8.28. The summed E-state index contributed by atoms with van der Waals surface area (Å²) in [5.41, 5.74) is -0.643. The molecule has 28 heavy (non-hydrogen) atoms. The third-order valence-electron chi connectivity index (χ3n) is 5.53. The van der Waals surface area contributed by atoms with Crippen LogP contribution in [0.15, 0.2) is 11.8 Å². The molecule has 1 unspecified atom stereocenters. The van der Waals surface area contributed by atoms with Crippen molar-refractivity contribution in [3.63, 3.8) is 0 Å². The van der Waals surface area contributed by atoms with Gasteiger partial charge in [0.2, 0.25) is 0 Å². The SMILES string of the molecule is CCOC(=O)N1CCN(C2CCCN(C(=O)C3=CC(=O)CC(C)(C)O3)C2)CC1. The minimum absolute atomic E-state index is 0.0664. The van der Waals surface area contributed by atoms with Gasteiger partial charge < -0.3 is 19.3 Å². The Labute approximate surface area is 166 Å². The number of carbonyl (C=O) groups excluding carboxylic acids is 3. The first-order valence-corrected chi connectivity index (χ1v) is 10.2. The molecule has 1 atom stereocenters. The van der Waals surface area contributed by atoms with Crippen LogP contribution < -0.4 is 0 Å². The lowest BCUT2D eigenvalue weighted by Crippen LogP contribution is -2.57. The molecular formula is C20H31N3O5. The van der Waals surface area contributed by atoms with Crippen LogP contribution in [0.25, 0.3) is 0 Å². The summed E-state index contributed by atoms with van der Waals surface area (Å²) in [5, 5.41) is 0. The van der Waals surface area contributed by atoms with Crippen LogP contribution in [0.3, 0.4) is 0 Å². The van der Waals surface area contributed by atoms with Crippen molar-refractivity contribution in [3.8, 4) is 0 Å². The summed E-state index contributed by atoms with van der Waals surface area (Å²) in [6.07, 6.45) is 3.32. The molecule has 0 N–H and O–H groups in total. The van der Waals surface area contributed by atoms with E-state index in [2.05, 4.69) is 4.90 Å². The molecule has 0 saturated carbocycles. The fourth-order valence-electron chi connectivity index (χ4n) is 4.16. The standard InChI is InChI=1S/C20H31N3O5/c1-4-27-19(26)22-10-8-21(9-11-22)15-6-5-7-23(14-15)18(25)17-12-16(24)13-20(2,3)28-17/h12,15H,4-11,13-14H2,1-3H3. The van der Waals surface area contributed by atoms with E-state index in [0.29, 0.717) is 32.8 Å². The molecule has 2 saturated heterocycles. The molecule has 2 amide bonds. The molecule has 3 aliphatic rings. The number of amides is 2. The van der Waals surface area contributed by atoms with E-state index in [9.17, 15) is 14.4 Å². The maximum absolute atomic E-state index is 12.9. The Balaban J connectivity index is 1.57. The van der Waals surface area contributed by atoms with Crippen molar-refractivity contribution in [3.05, 3.63) is 11.8 Å². The third-order valence-corrected chi connectivity index (χ3v) is 5.53. The van der Waals surface area contributed by atoms with Crippen LogP contribution in [0.2, 0.25) is 0 Å². The number of carbonyl (C=O) groups is 3. The first kappa shape index (κ1) is 20.6. The molecule has 0 bridgehead atoms. The van der Waals surface area contributed by atoms with Gasteiger partial charge in [-0.1, -0.05) is 0 Å². The largest absolute Gasteiger partial charge is 0.481 e. The molecular weight excluding hydrogens is 362 g/mol. The van der Waals surface area contributed by atoms with Gasteiger partial charge in [-0.3, -0.25) is 14.5 Å². The Morgan fingerprint density at radius 3 is 2.54 bits per heavy atom. The monoisotopic (exact) mass is 393 g/mol. The van der Waals surface area contributed by atoms with Gasteiger partial charge in [-0.2, -0.15) is 0 Å². The molecule has 0 radical (unpaired) electrons. The van der Waals surface area contributed by atoms with E-state index in [4.69, 9.17) is 9.47 Å². The Morgan fingerprint density at radius 2 is 1.89 bits per heavy atom. The number of likely N-dealkylation sites (tertiary alicyclic amines) is 1. The van der Waals surface area contributed by atoms with Crippen LogP contribution in [0.1, 0.15) is 40.0 Å². The molecule has 3 rings (SSSR count). The predicted molar refractivity (Wildman–Crippen MR) is 103 cm³/mol. The molecule has 0 spiro atoms. The number of allylic oxidation sites excluding steroid dienone is 1. The number of nitrogens with zero attached hydrogens (tertiary/aromatic N) is 3. The predicted octanol–water partition coefficient (Wildman–Crippen LogP) is 1.40. The molecule has 0 aromatic heterocycles. The van der Waals surface area contributed by atoms with Gasteiger partial charge >= 0.3 is 6.09 Å². The number of rotatable bonds is 3. The van der Waals surface area contributed by atoms with E-state index in [1.165, 1.54) is 6.08 Å². The van der Waals surface area contributed by atoms with Gasteiger partial charge in [0.25, 0.3) is 5.91 Å². The first-order chi connectivity index (χ1) is 13.3. The van der Waals surface area contributed by atoms with Gasteiger partial charge in [0.1, 0.15) is 5.60 Å². The van der Waals surface area contributed by atoms with Gasteiger partial charge in [0.15, 0.2) is 11.5 Å². The van der Waals surface area contributed by atoms with Gasteiger partial charge in [-0.25, -0.2) is 4.79 Å². The minimum atomic E-state index is -0.643. The summed E-state index contributed by atoms with van der Waals surface area (Å²) < 4.78 is 10.9. The van der Waals surface area contributed by atoms with Crippen molar-refractivity contribution in [2.45, 2.75) is 51.7 Å². The van der Waals surface area contributed by atoms with Crippen molar-refractivity contribution in [1.82, 2.24) is 14.7 Å². The molecule has 2 fully saturated rings. The molecule has 0 aliphatic carbocycles. The van der Waals surface area contributed by atoms with E-state index >= 15 is 0 Å². The number of ketones is 1. The smallest absolute Gasteiger partial charge is 0.409 e. The van der Waals surface area contributed by atoms with Crippen LogP contribution in [0.5, 0.6) is 0 Å². The number of ether oxygens (including phenoxy) is 2. The maximum Gasteiger partial charge on any atom is 0.409 e. The van der Waals surface area contributed by atoms with Crippen LogP contribution in [-0.2, 0) is 19.1 Å². The van der Waals surface area contributed by atoms with Crippen molar-refractivity contribution < 1.29 is 23.9 Å². The summed E-state index contributed by atoms with van der Waals surface area (Å²) in [4.78, 5) is 42.6. The van der Waals surface area contributed by atoms with E-state index in [-0.39, 0.29) is 36.0 Å². The lowest BCUT2D eigenvalue weighted by Gasteiger charge is -2.43. The minimum Gasteiger partial charge on any atom is -0.481 e. The van der Waals surface area contributed by atoms with E-state index in [1.807, 2.05) is 20.8 Å². The summed E-state index contributed by atoms with van der Waals surface area (Å²) in [6.45, 7) is 9.96. The summed E-state index contributed by atoms with van der Waals surface area (Å²) in [6, 6.07) is 0.259. The van der Waals surface area contributed by atoms with Crippen molar-refractivity contribution in [1.29, 1.82) is 0 Å². The highest BCUT2D eigenvalue weighted by atomic mass is 16.6. The maximum atomic E-state index is 12.9. The summed E-state index contributed by atoms with van der Waals surface area (Å²) in [5.74, 6) is -0.103. The normalized spacial score (nSPS) is 25.8. The van der Waals surface area contributed by atoms with Crippen LogP contribution in [0, 0.1) is 0 Å². The highest BCUT2D eigenvalue weighted by Gasteiger charge is 2.36. The highest BCUT2D eigenvalue weighted by Crippen LogP contribution is 2.27. The lowest BCUT2D eigenvalue weighted by atomic mass is 9.97. The zero-order valence-electron chi connectivity index (χ0n) is 17.1. The highest BCUT2D eigenvalue weighted by molar-refractivity contribution is 6.01. The molecule has 0 aromatic carbocycles. The average Bonchev–Trinajstić information content (AvgIpc) is 2.66. The van der Waals surface area contributed by atoms with Gasteiger partial charge in [0.05, 0.1) is 6.61 Å².